The number of likely N-dealkylation sites (N-methyl/N-ethyl adjacent to an activating group) is 1. The highest BCUT2D eigenvalue weighted by molar-refractivity contribution is 5.72. The standard InChI is InChI=1S/C39H65NO14/c1-11-29(43)52-28-20-30(44)49-23(3)15-13-12-14-16-27(42)22(2)19-26(17-18-41)35(36(28)47-9)54-38-33(45)32(40(7)8)34(24(4)51-38)53-31-21-39(6,48-10)37(46)25(5)50-31/h12-14,16,18,22-28,31-38,42,45-46H,11,15,17,19-21H2,1-10H3/b13-12+,16-14+/t22-,23-,24-,25+,26+,27+,28-,31+,32-,33-,34-,35+,36+,37+,38+,39-/m1/s1. The van der Waals surface area contributed by atoms with Crippen molar-refractivity contribution in [1.82, 2.24) is 4.90 Å². The van der Waals surface area contributed by atoms with Crippen LogP contribution < -0.4 is 0 Å². The second kappa shape index (κ2) is 21.3. The average molecular weight is 772 g/mol. The van der Waals surface area contributed by atoms with Crippen LogP contribution in [-0.2, 0) is 52.3 Å². The third kappa shape index (κ3) is 12.1. The molecule has 15 heteroatoms. The number of aliphatic hydroxyl groups excluding tert-OH is 3. The molecule has 0 aromatic heterocycles. The second-order valence-corrected chi connectivity index (χ2v) is 15.3. The van der Waals surface area contributed by atoms with Crippen molar-refractivity contribution in [3.05, 3.63) is 24.3 Å². The summed E-state index contributed by atoms with van der Waals surface area (Å²) >= 11 is 0. The summed E-state index contributed by atoms with van der Waals surface area (Å²) in [5.41, 5.74) is -0.939. The molecule has 16 atom stereocenters. The number of hydrogen-bond acceptors (Lipinski definition) is 15. The average Bonchev–Trinajstić information content (AvgIpc) is 3.11. The summed E-state index contributed by atoms with van der Waals surface area (Å²) in [5, 5.41) is 33.8. The number of methoxy groups -OCH3 is 2. The van der Waals surface area contributed by atoms with Crippen molar-refractivity contribution in [1.29, 1.82) is 0 Å². The summed E-state index contributed by atoms with van der Waals surface area (Å²) in [4.78, 5) is 40.1. The molecule has 3 N–H and O–H groups in total. The van der Waals surface area contributed by atoms with Crippen molar-refractivity contribution in [2.75, 3.05) is 28.3 Å². The van der Waals surface area contributed by atoms with Crippen LogP contribution in [-0.4, -0.2) is 152 Å². The molecule has 0 aliphatic carbocycles. The van der Waals surface area contributed by atoms with E-state index in [1.54, 1.807) is 71.8 Å². The fourth-order valence-electron chi connectivity index (χ4n) is 7.57. The summed E-state index contributed by atoms with van der Waals surface area (Å²) in [7, 11) is 6.47. The Balaban J connectivity index is 2.04. The van der Waals surface area contributed by atoms with Crippen LogP contribution in [0.15, 0.2) is 24.3 Å². The zero-order valence-corrected chi connectivity index (χ0v) is 33.6. The van der Waals surface area contributed by atoms with Gasteiger partial charge in [0.2, 0.25) is 0 Å². The van der Waals surface area contributed by atoms with Crippen molar-refractivity contribution >= 4 is 18.2 Å². The SMILES string of the molecule is CCC(=O)O[C@@H]1CC(=O)O[C@H](C)C/C=C/C=C/[C@H](O)[C@H](C)C[C@H](CC=O)[C@H](O[C@@H]2O[C@H](C)[C@@H](O[C@H]3C[C@@](C)(OC)[C@@H](O)[C@H](C)O3)[C@H](N(C)C)[C@H]2O)[C@H]1OC. The van der Waals surface area contributed by atoms with E-state index >= 15 is 0 Å². The molecule has 15 nitrogen and oxygen atoms in total. The van der Waals surface area contributed by atoms with Gasteiger partial charge >= 0.3 is 11.9 Å². The Morgan fingerprint density at radius 1 is 1.02 bits per heavy atom. The van der Waals surface area contributed by atoms with Gasteiger partial charge in [0.1, 0.15) is 42.9 Å². The highest BCUT2D eigenvalue weighted by Gasteiger charge is 2.52. The first-order valence-electron chi connectivity index (χ1n) is 19.1. The quantitative estimate of drug-likeness (QED) is 0.205. The number of aldehydes is 1. The van der Waals surface area contributed by atoms with Gasteiger partial charge in [-0.1, -0.05) is 38.2 Å². The first-order valence-corrected chi connectivity index (χ1v) is 19.1. The van der Waals surface area contributed by atoms with E-state index in [0.717, 1.165) is 6.29 Å². The molecule has 0 spiro atoms. The summed E-state index contributed by atoms with van der Waals surface area (Å²) in [6.07, 6.45) is -3.08. The van der Waals surface area contributed by atoms with Gasteiger partial charge in [-0.15, -0.1) is 0 Å². The maximum atomic E-state index is 13.3. The van der Waals surface area contributed by atoms with Crippen LogP contribution in [0.4, 0.5) is 0 Å². The summed E-state index contributed by atoms with van der Waals surface area (Å²) < 4.78 is 48.7. The predicted octanol–water partition coefficient (Wildman–Crippen LogP) is 2.46. The van der Waals surface area contributed by atoms with Gasteiger partial charge in [-0.05, 0) is 60.0 Å². The highest BCUT2D eigenvalue weighted by atomic mass is 16.7. The van der Waals surface area contributed by atoms with Crippen LogP contribution in [0.3, 0.4) is 0 Å². The normalized spacial score (nSPS) is 42.9. The number of carbonyl (C=O) groups excluding carboxylic acids is 3. The van der Waals surface area contributed by atoms with Gasteiger partial charge in [0.15, 0.2) is 12.6 Å². The molecule has 3 aliphatic heterocycles. The third-order valence-electron chi connectivity index (χ3n) is 10.8. The monoisotopic (exact) mass is 771 g/mol. The lowest BCUT2D eigenvalue weighted by molar-refractivity contribution is -0.345. The summed E-state index contributed by atoms with van der Waals surface area (Å²) in [5.74, 6) is -2.27. The first-order chi connectivity index (χ1) is 25.5. The number of allylic oxidation sites excluding steroid dienone is 2. The third-order valence-corrected chi connectivity index (χ3v) is 10.8. The number of esters is 2. The largest absolute Gasteiger partial charge is 0.462 e. The molecule has 2 saturated heterocycles. The molecule has 0 unspecified atom stereocenters. The number of rotatable bonds is 11. The Kier molecular flexibility index (Phi) is 18.2. The van der Waals surface area contributed by atoms with Crippen molar-refractivity contribution in [3.8, 4) is 0 Å². The lowest BCUT2D eigenvalue weighted by atomic mass is 9.82. The Hall–Kier alpha value is -2.31. The van der Waals surface area contributed by atoms with Gasteiger partial charge in [0.05, 0.1) is 42.5 Å². The van der Waals surface area contributed by atoms with Gasteiger partial charge in [0, 0.05) is 39.9 Å². The molecule has 0 aromatic rings. The minimum absolute atomic E-state index is 0.0158. The van der Waals surface area contributed by atoms with Crippen LogP contribution >= 0.6 is 0 Å². The Morgan fingerprint density at radius 2 is 1.72 bits per heavy atom. The first kappa shape index (κ1) is 46.1. The molecule has 3 aliphatic rings. The van der Waals surface area contributed by atoms with Gasteiger partial charge < -0.3 is 62.9 Å². The van der Waals surface area contributed by atoms with Gasteiger partial charge in [-0.25, -0.2) is 0 Å². The fraction of sp³-hybridized carbons (Fsp3) is 0.821. The molecule has 0 saturated carbocycles. The van der Waals surface area contributed by atoms with Crippen molar-refractivity contribution < 1.29 is 67.6 Å². The van der Waals surface area contributed by atoms with Crippen LogP contribution in [0.1, 0.15) is 80.1 Å². The van der Waals surface area contributed by atoms with Gasteiger partial charge in [0.25, 0.3) is 0 Å². The molecule has 0 radical (unpaired) electrons. The van der Waals surface area contributed by atoms with Crippen LogP contribution in [0, 0.1) is 11.8 Å². The lowest BCUT2D eigenvalue weighted by Crippen LogP contribution is -2.66. The highest BCUT2D eigenvalue weighted by Crippen LogP contribution is 2.37. The number of aliphatic hydroxyl groups is 3. The molecule has 54 heavy (non-hydrogen) atoms. The summed E-state index contributed by atoms with van der Waals surface area (Å²) in [6.45, 7) is 10.5. The number of carbonyl (C=O) groups is 3. The van der Waals surface area contributed by atoms with Crippen molar-refractivity contribution in [2.24, 2.45) is 11.8 Å². The minimum Gasteiger partial charge on any atom is -0.462 e. The Bertz CT molecular complexity index is 1250. The number of cyclic esters (lactones) is 1. The van der Waals surface area contributed by atoms with E-state index in [4.69, 9.17) is 37.9 Å². The number of nitrogens with zero attached hydrogens (tertiary/aromatic N) is 1. The fourth-order valence-corrected chi connectivity index (χ4v) is 7.57. The van der Waals surface area contributed by atoms with E-state index in [0.29, 0.717) is 6.42 Å². The lowest BCUT2D eigenvalue weighted by Gasteiger charge is -2.50. The Morgan fingerprint density at radius 3 is 2.33 bits per heavy atom. The molecular weight excluding hydrogens is 706 g/mol. The van der Waals surface area contributed by atoms with E-state index < -0.39 is 103 Å². The molecule has 310 valence electrons. The van der Waals surface area contributed by atoms with E-state index in [-0.39, 0.29) is 38.0 Å². The van der Waals surface area contributed by atoms with E-state index in [1.807, 2.05) is 13.0 Å². The molecule has 3 rings (SSSR count). The van der Waals surface area contributed by atoms with Crippen LogP contribution in [0.5, 0.6) is 0 Å². The molecule has 0 bridgehead atoms. The van der Waals surface area contributed by atoms with E-state index in [9.17, 15) is 29.7 Å². The molecule has 0 amide bonds. The second-order valence-electron chi connectivity index (χ2n) is 15.3. The molecule has 0 aromatic carbocycles. The molecule has 2 fully saturated rings. The van der Waals surface area contributed by atoms with Gasteiger partial charge in [-0.3, -0.25) is 9.59 Å². The van der Waals surface area contributed by atoms with Crippen molar-refractivity contribution in [3.63, 3.8) is 0 Å². The predicted molar refractivity (Wildman–Crippen MR) is 196 cm³/mol. The topological polar surface area (TPSA) is 189 Å². The minimum atomic E-state index is -1.34. The van der Waals surface area contributed by atoms with E-state index in [2.05, 4.69) is 0 Å². The number of ether oxygens (including phenoxy) is 8. The smallest absolute Gasteiger partial charge is 0.309 e. The maximum Gasteiger partial charge on any atom is 0.309 e. The van der Waals surface area contributed by atoms with E-state index in [1.165, 1.54) is 14.2 Å². The number of hydrogen-bond donors (Lipinski definition) is 3. The molecular formula is C39H65NO14. The molecule has 3 heterocycles. The zero-order valence-electron chi connectivity index (χ0n) is 33.6. The van der Waals surface area contributed by atoms with Crippen LogP contribution in [0.25, 0.3) is 0 Å². The van der Waals surface area contributed by atoms with Crippen LogP contribution in [0.2, 0.25) is 0 Å². The summed E-state index contributed by atoms with van der Waals surface area (Å²) in [6, 6.07) is -0.709. The maximum absolute atomic E-state index is 13.3. The zero-order chi connectivity index (χ0) is 40.3. The van der Waals surface area contributed by atoms with Crippen molar-refractivity contribution in [2.45, 2.75) is 165 Å². The van der Waals surface area contributed by atoms with Gasteiger partial charge in [-0.2, -0.15) is 0 Å². The Labute approximate surface area is 320 Å².